The van der Waals surface area contributed by atoms with Crippen LogP contribution in [0.15, 0.2) is 18.2 Å². The molecule has 1 aromatic carbocycles. The highest BCUT2D eigenvalue weighted by molar-refractivity contribution is 9.09. The summed E-state index contributed by atoms with van der Waals surface area (Å²) in [7, 11) is 0. The molecule has 0 N–H and O–H groups in total. The highest BCUT2D eigenvalue weighted by Gasteiger charge is 2.19. The third-order valence-electron chi connectivity index (χ3n) is 4.14. The number of hydrogen-bond donors (Lipinski definition) is 0. The predicted molar refractivity (Wildman–Crippen MR) is 83.4 cm³/mol. The molecule has 3 rings (SSSR count). The molecule has 0 atom stereocenters. The molecule has 5 heteroatoms. The summed E-state index contributed by atoms with van der Waals surface area (Å²) in [5, 5.41) is 9.02. The van der Waals surface area contributed by atoms with Crippen molar-refractivity contribution in [2.45, 2.75) is 38.0 Å². The van der Waals surface area contributed by atoms with Gasteiger partial charge in [0.05, 0.1) is 16.5 Å². The number of alkyl halides is 1. The highest BCUT2D eigenvalue weighted by Crippen LogP contribution is 2.32. The molecule has 2 aromatic rings. The Kier molecular flexibility index (Phi) is 4.29. The Hall–Kier alpha value is -1.36. The molecule has 0 spiro atoms. The molecule has 1 aliphatic carbocycles. The van der Waals surface area contributed by atoms with Gasteiger partial charge in [0.2, 0.25) is 0 Å². The Balaban J connectivity index is 2.01. The van der Waals surface area contributed by atoms with Gasteiger partial charge in [0, 0.05) is 16.9 Å². The van der Waals surface area contributed by atoms with E-state index < -0.39 is 5.82 Å². The Bertz CT molecular complexity index is 683. The Morgan fingerprint density at radius 3 is 2.67 bits per heavy atom. The van der Waals surface area contributed by atoms with Crippen molar-refractivity contribution in [1.29, 1.82) is 0 Å². The van der Waals surface area contributed by atoms with Gasteiger partial charge < -0.3 is 0 Å². The fourth-order valence-electron chi connectivity index (χ4n) is 2.95. The molecule has 1 saturated carbocycles. The van der Waals surface area contributed by atoms with Crippen molar-refractivity contribution in [3.63, 3.8) is 0 Å². The van der Waals surface area contributed by atoms with Crippen molar-refractivity contribution in [2.75, 3.05) is 5.33 Å². The molecular formula is C16H16BrFN2O. The van der Waals surface area contributed by atoms with Crippen LogP contribution in [0.1, 0.15) is 54.1 Å². The van der Waals surface area contributed by atoms with Crippen molar-refractivity contribution < 1.29 is 9.18 Å². The van der Waals surface area contributed by atoms with E-state index in [9.17, 15) is 9.18 Å². The van der Waals surface area contributed by atoms with Crippen LogP contribution in [0.25, 0.3) is 10.9 Å². The van der Waals surface area contributed by atoms with Crippen molar-refractivity contribution >= 4 is 32.6 Å². The summed E-state index contributed by atoms with van der Waals surface area (Å²) in [6, 6.07) is 4.70. The van der Waals surface area contributed by atoms with Gasteiger partial charge in [0.1, 0.15) is 5.82 Å². The first-order valence-electron chi connectivity index (χ1n) is 7.25. The maximum atomic E-state index is 14.3. The number of carbonyl (C=O) groups excluding carboxylic acids is 1. The highest BCUT2D eigenvalue weighted by atomic mass is 79.9. The minimum atomic E-state index is -0.399. The van der Waals surface area contributed by atoms with E-state index in [1.165, 1.54) is 25.3 Å². The van der Waals surface area contributed by atoms with E-state index in [4.69, 9.17) is 0 Å². The van der Waals surface area contributed by atoms with Gasteiger partial charge in [-0.2, -0.15) is 10.2 Å². The van der Waals surface area contributed by atoms with Crippen molar-refractivity contribution in [3.05, 3.63) is 35.3 Å². The molecule has 1 aromatic heterocycles. The maximum Gasteiger partial charge on any atom is 0.173 e. The van der Waals surface area contributed by atoms with Gasteiger partial charge in [-0.1, -0.05) is 35.2 Å². The van der Waals surface area contributed by atoms with Crippen LogP contribution in [0.5, 0.6) is 0 Å². The number of rotatable bonds is 3. The van der Waals surface area contributed by atoms with Crippen LogP contribution in [0, 0.1) is 5.82 Å². The average molecular weight is 351 g/mol. The maximum absolute atomic E-state index is 14.3. The monoisotopic (exact) mass is 350 g/mol. The molecule has 0 unspecified atom stereocenters. The smallest absolute Gasteiger partial charge is 0.173 e. The summed E-state index contributed by atoms with van der Waals surface area (Å²) in [6.45, 7) is 0. The number of ketones is 1. The fraction of sp³-hybridized carbons (Fsp3) is 0.438. The summed E-state index contributed by atoms with van der Waals surface area (Å²) < 4.78 is 14.3. The number of nitrogens with zero attached hydrogens (tertiary/aromatic N) is 2. The second-order valence-corrected chi connectivity index (χ2v) is 6.11. The van der Waals surface area contributed by atoms with Gasteiger partial charge in [-0.15, -0.1) is 0 Å². The topological polar surface area (TPSA) is 42.9 Å². The molecule has 1 fully saturated rings. The Morgan fingerprint density at radius 2 is 1.95 bits per heavy atom. The summed E-state index contributed by atoms with van der Waals surface area (Å²) >= 11 is 3.10. The largest absolute Gasteiger partial charge is 0.293 e. The van der Waals surface area contributed by atoms with Crippen LogP contribution in [-0.4, -0.2) is 21.3 Å². The quantitative estimate of drug-likeness (QED) is 0.608. The Labute approximate surface area is 131 Å². The van der Waals surface area contributed by atoms with E-state index >= 15 is 0 Å². The first-order chi connectivity index (χ1) is 10.2. The lowest BCUT2D eigenvalue weighted by Crippen LogP contribution is -2.08. The van der Waals surface area contributed by atoms with Gasteiger partial charge in [0.25, 0.3) is 0 Å². The molecule has 0 aliphatic heterocycles. The van der Waals surface area contributed by atoms with E-state index in [0.29, 0.717) is 22.4 Å². The van der Waals surface area contributed by atoms with E-state index in [1.807, 2.05) is 0 Å². The van der Waals surface area contributed by atoms with Crippen LogP contribution in [0.2, 0.25) is 0 Å². The van der Waals surface area contributed by atoms with Gasteiger partial charge in [-0.3, -0.25) is 4.79 Å². The van der Waals surface area contributed by atoms with Gasteiger partial charge in [-0.25, -0.2) is 4.39 Å². The predicted octanol–water partition coefficient (Wildman–Crippen LogP) is 4.39. The van der Waals surface area contributed by atoms with Crippen molar-refractivity contribution in [1.82, 2.24) is 10.2 Å². The lowest BCUT2D eigenvalue weighted by atomic mass is 9.86. The standard InChI is InChI=1S/C16H16BrFN2O/c17-9-16(21)11-6-13(18)12-8-14(19-20-15(12)7-11)10-4-2-1-3-5-10/h6-8,10H,1-5,9H2. The molecule has 0 bridgehead atoms. The summed E-state index contributed by atoms with van der Waals surface area (Å²) in [4.78, 5) is 11.7. The molecule has 3 nitrogen and oxygen atoms in total. The molecule has 0 amide bonds. The average Bonchev–Trinajstić information content (AvgIpc) is 2.54. The number of Topliss-reactive ketones (excluding diaryl/α,β-unsaturated/α-hetero) is 1. The molecule has 110 valence electrons. The first-order valence-corrected chi connectivity index (χ1v) is 8.37. The van der Waals surface area contributed by atoms with Crippen LogP contribution in [0.3, 0.4) is 0 Å². The van der Waals surface area contributed by atoms with Crippen LogP contribution in [-0.2, 0) is 0 Å². The zero-order valence-corrected chi connectivity index (χ0v) is 13.2. The molecule has 21 heavy (non-hydrogen) atoms. The molecular weight excluding hydrogens is 335 g/mol. The summed E-state index contributed by atoms with van der Waals surface area (Å²) in [5.41, 5.74) is 1.65. The van der Waals surface area contributed by atoms with E-state index in [0.717, 1.165) is 18.5 Å². The molecule has 1 heterocycles. The Morgan fingerprint density at radius 1 is 1.19 bits per heavy atom. The molecule has 0 saturated heterocycles. The number of halogens is 2. The van der Waals surface area contributed by atoms with Gasteiger partial charge in [-0.05, 0) is 31.0 Å². The number of hydrogen-bond acceptors (Lipinski definition) is 3. The number of aromatic nitrogens is 2. The van der Waals surface area contributed by atoms with Crippen molar-refractivity contribution in [3.8, 4) is 0 Å². The van der Waals surface area contributed by atoms with E-state index in [1.54, 1.807) is 12.1 Å². The number of benzene rings is 1. The van der Waals surface area contributed by atoms with Crippen LogP contribution >= 0.6 is 15.9 Å². The second-order valence-electron chi connectivity index (χ2n) is 5.55. The minimum absolute atomic E-state index is 0.158. The SMILES string of the molecule is O=C(CBr)c1cc(F)c2cc(C3CCCCC3)nnc2c1. The van der Waals surface area contributed by atoms with Crippen molar-refractivity contribution in [2.24, 2.45) is 0 Å². The fourth-order valence-corrected chi connectivity index (χ4v) is 3.28. The normalized spacial score (nSPS) is 16.3. The lowest BCUT2D eigenvalue weighted by molar-refractivity contribution is 0.102. The third kappa shape index (κ3) is 2.98. The second kappa shape index (κ2) is 6.18. The van der Waals surface area contributed by atoms with Gasteiger partial charge >= 0.3 is 0 Å². The first kappa shape index (κ1) is 14.6. The van der Waals surface area contributed by atoms with Crippen LogP contribution < -0.4 is 0 Å². The van der Waals surface area contributed by atoms with E-state index in [2.05, 4.69) is 26.1 Å². The number of carbonyl (C=O) groups is 1. The molecule has 1 aliphatic rings. The van der Waals surface area contributed by atoms with Gasteiger partial charge in [0.15, 0.2) is 5.78 Å². The zero-order valence-electron chi connectivity index (χ0n) is 11.6. The van der Waals surface area contributed by atoms with E-state index in [-0.39, 0.29) is 11.1 Å². The summed E-state index contributed by atoms with van der Waals surface area (Å²) in [5.74, 6) is -0.170. The zero-order chi connectivity index (χ0) is 14.8. The molecule has 0 radical (unpaired) electrons. The third-order valence-corrected chi connectivity index (χ3v) is 4.65. The van der Waals surface area contributed by atoms with Crippen LogP contribution in [0.4, 0.5) is 4.39 Å². The number of fused-ring (bicyclic) bond motifs is 1. The lowest BCUT2D eigenvalue weighted by Gasteiger charge is -2.20. The minimum Gasteiger partial charge on any atom is -0.293 e. The summed E-state index contributed by atoms with van der Waals surface area (Å²) in [6.07, 6.45) is 5.87.